The highest BCUT2D eigenvalue weighted by Gasteiger charge is 2.21. The summed E-state index contributed by atoms with van der Waals surface area (Å²) in [5.74, 6) is -1.14. The number of sulfonamides is 1. The number of rotatable bonds is 9. The maximum Gasteiger partial charge on any atom is 0.337 e. The van der Waals surface area contributed by atoms with Crippen molar-refractivity contribution in [2.45, 2.75) is 49.5 Å². The largest absolute Gasteiger partial charge is 0.478 e. The highest BCUT2D eigenvalue weighted by atomic mass is 32.2. The average Bonchev–Trinajstić information content (AvgIpc) is 2.59. The first kappa shape index (κ1) is 19.7. The number of benzene rings is 1. The highest BCUT2D eigenvalue weighted by Crippen LogP contribution is 2.26. The van der Waals surface area contributed by atoms with Gasteiger partial charge in [-0.3, -0.25) is 0 Å². The van der Waals surface area contributed by atoms with Crippen molar-refractivity contribution >= 4 is 21.7 Å². The molecule has 1 fully saturated rings. The van der Waals surface area contributed by atoms with Gasteiger partial charge in [-0.15, -0.1) is 0 Å². The molecule has 0 heterocycles. The summed E-state index contributed by atoms with van der Waals surface area (Å²) in [5, 5.41) is 12.7. The van der Waals surface area contributed by atoms with Gasteiger partial charge in [0.15, 0.2) is 0 Å². The fraction of sp³-hybridized carbons (Fsp3) is 0.588. The maximum absolute atomic E-state index is 12.3. The second-order valence-corrected chi connectivity index (χ2v) is 8.00. The number of methoxy groups -OCH3 is 1. The minimum Gasteiger partial charge on any atom is -0.478 e. The lowest BCUT2D eigenvalue weighted by atomic mass is 9.95. The summed E-state index contributed by atoms with van der Waals surface area (Å²) >= 11 is 0. The zero-order valence-electron chi connectivity index (χ0n) is 14.5. The SMILES string of the molecule is COCCCNS(=O)(=O)c1ccc(NC2CCCCC2)c(C(=O)O)c1. The lowest BCUT2D eigenvalue weighted by molar-refractivity contribution is 0.0697. The van der Waals surface area contributed by atoms with Crippen LogP contribution in [-0.4, -0.2) is 45.8 Å². The molecule has 0 amide bonds. The van der Waals surface area contributed by atoms with Crippen molar-refractivity contribution < 1.29 is 23.1 Å². The summed E-state index contributed by atoms with van der Waals surface area (Å²) in [6.45, 7) is 0.688. The van der Waals surface area contributed by atoms with Gasteiger partial charge in [0, 0.05) is 32.0 Å². The van der Waals surface area contributed by atoms with Crippen LogP contribution < -0.4 is 10.0 Å². The van der Waals surface area contributed by atoms with E-state index in [1.165, 1.54) is 18.6 Å². The fourth-order valence-corrected chi connectivity index (χ4v) is 4.07. The van der Waals surface area contributed by atoms with Gasteiger partial charge in [-0.1, -0.05) is 19.3 Å². The van der Waals surface area contributed by atoms with E-state index in [-0.39, 0.29) is 23.0 Å². The first-order chi connectivity index (χ1) is 11.9. The van der Waals surface area contributed by atoms with Gasteiger partial charge in [0.25, 0.3) is 0 Å². The van der Waals surface area contributed by atoms with Gasteiger partial charge in [-0.25, -0.2) is 17.9 Å². The molecular weight excluding hydrogens is 344 g/mol. The van der Waals surface area contributed by atoms with Crippen molar-refractivity contribution in [2.75, 3.05) is 25.6 Å². The molecule has 0 aliphatic heterocycles. The molecule has 1 aromatic rings. The number of carboxylic acids is 1. The number of aromatic carboxylic acids is 1. The molecule has 0 atom stereocenters. The predicted octanol–water partition coefficient (Wildman–Crippen LogP) is 2.44. The Balaban J connectivity index is 2.15. The van der Waals surface area contributed by atoms with E-state index in [9.17, 15) is 18.3 Å². The van der Waals surface area contributed by atoms with Crippen LogP contribution >= 0.6 is 0 Å². The number of hydrogen-bond acceptors (Lipinski definition) is 5. The number of carbonyl (C=O) groups is 1. The molecule has 1 aliphatic rings. The first-order valence-electron chi connectivity index (χ1n) is 8.56. The third-order valence-electron chi connectivity index (χ3n) is 4.31. The lowest BCUT2D eigenvalue weighted by Gasteiger charge is -2.24. The monoisotopic (exact) mass is 370 g/mol. The van der Waals surface area contributed by atoms with Crippen LogP contribution in [0.5, 0.6) is 0 Å². The smallest absolute Gasteiger partial charge is 0.337 e. The van der Waals surface area contributed by atoms with Gasteiger partial charge in [-0.2, -0.15) is 0 Å². The second kappa shape index (κ2) is 9.17. The molecule has 2 rings (SSSR count). The molecule has 3 N–H and O–H groups in total. The molecular formula is C17H26N2O5S. The van der Waals surface area contributed by atoms with Crippen LogP contribution in [-0.2, 0) is 14.8 Å². The number of carboxylic acid groups (broad SMARTS) is 1. The number of ether oxygens (including phenoxy) is 1. The Labute approximate surface area is 148 Å². The van der Waals surface area contributed by atoms with Crippen LogP contribution in [0.1, 0.15) is 48.9 Å². The lowest BCUT2D eigenvalue weighted by Crippen LogP contribution is -2.26. The third kappa shape index (κ3) is 5.69. The van der Waals surface area contributed by atoms with E-state index in [0.717, 1.165) is 25.7 Å². The molecule has 0 aromatic heterocycles. The molecule has 7 nitrogen and oxygen atoms in total. The summed E-state index contributed by atoms with van der Waals surface area (Å²) < 4.78 is 31.9. The Kier molecular flexibility index (Phi) is 7.22. The summed E-state index contributed by atoms with van der Waals surface area (Å²) in [6.07, 6.45) is 5.99. The fourth-order valence-electron chi connectivity index (χ4n) is 2.97. The topological polar surface area (TPSA) is 105 Å². The average molecular weight is 370 g/mol. The molecule has 140 valence electrons. The zero-order chi connectivity index (χ0) is 18.3. The van der Waals surface area contributed by atoms with E-state index >= 15 is 0 Å². The third-order valence-corrected chi connectivity index (χ3v) is 5.77. The molecule has 1 aliphatic carbocycles. The second-order valence-electron chi connectivity index (χ2n) is 6.24. The number of anilines is 1. The number of hydrogen-bond donors (Lipinski definition) is 3. The quantitative estimate of drug-likeness (QED) is 0.577. The van der Waals surface area contributed by atoms with Crippen LogP contribution in [0.2, 0.25) is 0 Å². The Morgan fingerprint density at radius 1 is 1.28 bits per heavy atom. The number of nitrogens with one attached hydrogen (secondary N) is 2. The molecule has 8 heteroatoms. The molecule has 25 heavy (non-hydrogen) atoms. The molecule has 1 saturated carbocycles. The Bertz CT molecular complexity index is 684. The maximum atomic E-state index is 12.3. The van der Waals surface area contributed by atoms with Crippen LogP contribution in [0.3, 0.4) is 0 Å². The van der Waals surface area contributed by atoms with Crippen molar-refractivity contribution in [3.63, 3.8) is 0 Å². The van der Waals surface area contributed by atoms with Crippen molar-refractivity contribution in [3.05, 3.63) is 23.8 Å². The molecule has 0 unspecified atom stereocenters. The van der Waals surface area contributed by atoms with Crippen LogP contribution in [0.15, 0.2) is 23.1 Å². The van der Waals surface area contributed by atoms with Crippen molar-refractivity contribution in [1.29, 1.82) is 0 Å². The summed E-state index contributed by atoms with van der Waals surface area (Å²) in [5.41, 5.74) is 0.447. The minimum absolute atomic E-state index is 0.0228. The van der Waals surface area contributed by atoms with E-state index in [1.54, 1.807) is 13.2 Å². The van der Waals surface area contributed by atoms with E-state index in [2.05, 4.69) is 10.0 Å². The van der Waals surface area contributed by atoms with Gasteiger partial charge in [-0.05, 0) is 37.5 Å². The molecule has 0 saturated heterocycles. The van der Waals surface area contributed by atoms with E-state index in [1.807, 2.05) is 0 Å². The Hall–Kier alpha value is -1.64. The van der Waals surface area contributed by atoms with Crippen LogP contribution in [0.4, 0.5) is 5.69 Å². The summed E-state index contributed by atoms with van der Waals surface area (Å²) in [4.78, 5) is 11.5. The summed E-state index contributed by atoms with van der Waals surface area (Å²) in [7, 11) is -2.20. The standard InChI is InChI=1S/C17H26N2O5S/c1-24-11-5-10-18-25(22,23)14-8-9-16(15(12-14)17(20)21)19-13-6-3-2-4-7-13/h8-9,12-13,18-19H,2-7,10-11H2,1H3,(H,20,21). The molecule has 0 bridgehead atoms. The van der Waals surface area contributed by atoms with Gasteiger partial charge in [0.2, 0.25) is 10.0 Å². The van der Waals surface area contributed by atoms with Gasteiger partial charge >= 0.3 is 5.97 Å². The van der Waals surface area contributed by atoms with Crippen molar-refractivity contribution in [3.8, 4) is 0 Å². The Morgan fingerprint density at radius 2 is 2.00 bits per heavy atom. The normalized spacial score (nSPS) is 15.9. The van der Waals surface area contributed by atoms with Crippen molar-refractivity contribution in [1.82, 2.24) is 4.72 Å². The zero-order valence-corrected chi connectivity index (χ0v) is 15.3. The van der Waals surface area contributed by atoms with E-state index in [4.69, 9.17) is 4.74 Å². The molecule has 0 spiro atoms. The highest BCUT2D eigenvalue weighted by molar-refractivity contribution is 7.89. The van der Waals surface area contributed by atoms with E-state index < -0.39 is 16.0 Å². The predicted molar refractivity (Wildman–Crippen MR) is 95.6 cm³/mol. The Morgan fingerprint density at radius 3 is 2.64 bits per heavy atom. The van der Waals surface area contributed by atoms with Crippen LogP contribution in [0.25, 0.3) is 0 Å². The van der Waals surface area contributed by atoms with Gasteiger partial charge in [0.1, 0.15) is 0 Å². The summed E-state index contributed by atoms with van der Waals surface area (Å²) in [6, 6.07) is 4.44. The van der Waals surface area contributed by atoms with Gasteiger partial charge < -0.3 is 15.2 Å². The van der Waals surface area contributed by atoms with E-state index in [0.29, 0.717) is 18.7 Å². The minimum atomic E-state index is -3.74. The molecule has 1 aromatic carbocycles. The van der Waals surface area contributed by atoms with Crippen LogP contribution in [0, 0.1) is 0 Å². The van der Waals surface area contributed by atoms with Gasteiger partial charge in [0.05, 0.1) is 10.5 Å². The first-order valence-corrected chi connectivity index (χ1v) is 10.0. The molecule has 0 radical (unpaired) electrons. The van der Waals surface area contributed by atoms with Crippen molar-refractivity contribution in [2.24, 2.45) is 0 Å².